The van der Waals surface area contributed by atoms with Crippen LogP contribution in [0.15, 0.2) is 12.2 Å². The highest BCUT2D eigenvalue weighted by molar-refractivity contribution is 5.67. The lowest BCUT2D eigenvalue weighted by Crippen LogP contribution is -2.52. The fourth-order valence-corrected chi connectivity index (χ4v) is 5.42. The van der Waals surface area contributed by atoms with Crippen molar-refractivity contribution in [2.75, 3.05) is 26.2 Å². The molecule has 0 heterocycles. The average molecular weight is 569 g/mol. The van der Waals surface area contributed by atoms with Crippen LogP contribution in [0.4, 0.5) is 0 Å². The van der Waals surface area contributed by atoms with Crippen LogP contribution in [0.25, 0.3) is 0 Å². The van der Waals surface area contributed by atoms with E-state index in [1.54, 1.807) is 0 Å². The minimum Gasteiger partial charge on any atom is -0.481 e. The highest BCUT2D eigenvalue weighted by Crippen LogP contribution is 2.17. The lowest BCUT2D eigenvalue weighted by Gasteiger charge is -2.38. The van der Waals surface area contributed by atoms with Gasteiger partial charge in [-0.05, 0) is 38.5 Å². The molecule has 3 N–H and O–H groups in total. The summed E-state index contributed by atoms with van der Waals surface area (Å²) in [6.07, 6.45) is 30.0. The van der Waals surface area contributed by atoms with Crippen molar-refractivity contribution in [2.45, 2.75) is 155 Å². The molecule has 40 heavy (non-hydrogen) atoms. The van der Waals surface area contributed by atoms with Crippen LogP contribution in [0.2, 0.25) is 0 Å². The van der Waals surface area contributed by atoms with E-state index in [4.69, 9.17) is 15.3 Å². The lowest BCUT2D eigenvalue weighted by molar-refractivity contribution is -0.927. The van der Waals surface area contributed by atoms with Gasteiger partial charge in [0.2, 0.25) is 0 Å². The van der Waals surface area contributed by atoms with E-state index >= 15 is 0 Å². The first-order chi connectivity index (χ1) is 19.3. The number of carboxylic acid groups (broad SMARTS) is 3. The molecule has 0 aromatic heterocycles. The Hall–Kier alpha value is -1.89. The summed E-state index contributed by atoms with van der Waals surface area (Å²) in [5.74, 6) is -2.80. The summed E-state index contributed by atoms with van der Waals surface area (Å²) in [6.45, 7) is 3.74. The van der Waals surface area contributed by atoms with Gasteiger partial charge in [-0.3, -0.25) is 14.4 Å². The minimum atomic E-state index is -0.934. The van der Waals surface area contributed by atoms with Crippen LogP contribution in [0, 0.1) is 0 Å². The van der Waals surface area contributed by atoms with Crippen LogP contribution in [-0.4, -0.2) is 63.9 Å². The number of unbranched alkanes of at least 4 members (excludes halogenated alkanes) is 18. The van der Waals surface area contributed by atoms with Crippen LogP contribution in [0.1, 0.15) is 155 Å². The average Bonchev–Trinajstić information content (AvgIpc) is 2.92. The Balaban J connectivity index is 3.86. The van der Waals surface area contributed by atoms with Crippen molar-refractivity contribution in [3.05, 3.63) is 12.2 Å². The summed E-state index contributed by atoms with van der Waals surface area (Å²) in [6, 6.07) is 0. The molecule has 7 nitrogen and oxygen atoms in total. The third-order valence-corrected chi connectivity index (χ3v) is 8.04. The molecule has 0 aliphatic carbocycles. The Labute approximate surface area is 245 Å². The van der Waals surface area contributed by atoms with E-state index < -0.39 is 17.9 Å². The molecule has 0 amide bonds. The van der Waals surface area contributed by atoms with Gasteiger partial charge in [-0.1, -0.05) is 109 Å². The second kappa shape index (κ2) is 27.3. The van der Waals surface area contributed by atoms with Gasteiger partial charge in [0.25, 0.3) is 0 Å². The van der Waals surface area contributed by atoms with E-state index in [0.29, 0.717) is 6.54 Å². The van der Waals surface area contributed by atoms with Gasteiger partial charge < -0.3 is 19.8 Å². The molecule has 0 rings (SSSR count). The molecule has 0 unspecified atom stereocenters. The number of hydrogen-bond acceptors (Lipinski definition) is 3. The highest BCUT2D eigenvalue weighted by Gasteiger charge is 2.29. The van der Waals surface area contributed by atoms with Crippen LogP contribution >= 0.6 is 0 Å². The van der Waals surface area contributed by atoms with Crippen LogP contribution in [0.3, 0.4) is 0 Å². The maximum absolute atomic E-state index is 11.1. The first-order valence-corrected chi connectivity index (χ1v) is 16.5. The summed E-state index contributed by atoms with van der Waals surface area (Å²) in [5, 5.41) is 27.4. The predicted molar refractivity (Wildman–Crippen MR) is 164 cm³/mol. The number of quaternary nitrogens is 1. The highest BCUT2D eigenvalue weighted by atomic mass is 16.4. The Morgan fingerprint density at radius 2 is 0.750 bits per heavy atom. The summed E-state index contributed by atoms with van der Waals surface area (Å²) >= 11 is 0. The van der Waals surface area contributed by atoms with E-state index in [2.05, 4.69) is 19.1 Å². The number of carboxylic acids is 3. The number of hydrogen-bond donors (Lipinski definition) is 3. The van der Waals surface area contributed by atoms with Gasteiger partial charge in [-0.25, -0.2) is 0 Å². The lowest BCUT2D eigenvalue weighted by atomic mass is 10.0. The van der Waals surface area contributed by atoms with E-state index in [9.17, 15) is 14.4 Å². The summed E-state index contributed by atoms with van der Waals surface area (Å²) in [4.78, 5) is 33.4. The number of rotatable bonds is 31. The Morgan fingerprint density at radius 3 is 1.07 bits per heavy atom. The summed E-state index contributed by atoms with van der Waals surface area (Å²) in [7, 11) is 0. The Kier molecular flexibility index (Phi) is 26.0. The quantitative estimate of drug-likeness (QED) is 0.0438. The van der Waals surface area contributed by atoms with Gasteiger partial charge in [-0.2, -0.15) is 0 Å². The van der Waals surface area contributed by atoms with Crippen LogP contribution in [0.5, 0.6) is 0 Å². The molecule has 7 heteroatoms. The number of allylic oxidation sites excluding steroid dienone is 2. The van der Waals surface area contributed by atoms with Gasteiger partial charge in [0.05, 0.1) is 45.4 Å². The zero-order valence-corrected chi connectivity index (χ0v) is 25.8. The fraction of sp³-hybridized carbons (Fsp3) is 0.848. The Bertz CT molecular complexity index is 618. The molecule has 0 aliphatic heterocycles. The van der Waals surface area contributed by atoms with Crippen molar-refractivity contribution in [1.29, 1.82) is 0 Å². The number of carbonyl (C=O) groups is 3. The predicted octanol–water partition coefficient (Wildman–Crippen LogP) is 8.61. The van der Waals surface area contributed by atoms with E-state index in [1.807, 2.05) is 0 Å². The molecule has 0 aromatic carbocycles. The second-order valence-electron chi connectivity index (χ2n) is 11.7. The molecule has 0 saturated carbocycles. The normalized spacial score (nSPS) is 11.8. The van der Waals surface area contributed by atoms with Gasteiger partial charge in [0, 0.05) is 0 Å². The Morgan fingerprint density at radius 1 is 0.450 bits per heavy atom. The molecular weight excluding hydrogens is 506 g/mol. The van der Waals surface area contributed by atoms with Crippen molar-refractivity contribution in [3.63, 3.8) is 0 Å². The number of nitrogens with zero attached hydrogens (tertiary/aromatic N) is 1. The van der Waals surface area contributed by atoms with Crippen LogP contribution < -0.4 is 0 Å². The number of aliphatic carboxylic acids is 3. The zero-order chi connectivity index (χ0) is 29.7. The standard InChI is InChI=1S/C33H61NO6/c1-2-3-4-5-6-7-8-9-10-11-12-13-14-15-16-17-18-19-20-21-22-23-27-34(28-24-31(35)36,29-25-32(37)38)30-26-33(39)40/h15-16H,2-14,17-30H2,1H3,(H2-,35,36,37,38,39,40)/p+1/b16-15+. The molecule has 0 aliphatic rings. The van der Waals surface area contributed by atoms with E-state index in [0.717, 1.165) is 32.1 Å². The zero-order valence-electron chi connectivity index (χ0n) is 25.8. The van der Waals surface area contributed by atoms with Crippen molar-refractivity contribution in [1.82, 2.24) is 0 Å². The van der Waals surface area contributed by atoms with Gasteiger partial charge in [-0.15, -0.1) is 0 Å². The van der Waals surface area contributed by atoms with Crippen molar-refractivity contribution in [3.8, 4) is 0 Å². The van der Waals surface area contributed by atoms with Gasteiger partial charge in [0.15, 0.2) is 0 Å². The second-order valence-corrected chi connectivity index (χ2v) is 11.7. The summed E-state index contributed by atoms with van der Waals surface area (Å²) in [5.41, 5.74) is 0. The molecule has 0 atom stereocenters. The van der Waals surface area contributed by atoms with Gasteiger partial charge in [0.1, 0.15) is 0 Å². The first-order valence-electron chi connectivity index (χ1n) is 16.5. The maximum Gasteiger partial charge on any atom is 0.309 e. The molecule has 0 spiro atoms. The third-order valence-electron chi connectivity index (χ3n) is 8.04. The first kappa shape index (κ1) is 38.1. The molecule has 0 aromatic rings. The molecule has 0 saturated heterocycles. The summed E-state index contributed by atoms with van der Waals surface area (Å²) < 4.78 is 0.259. The van der Waals surface area contributed by atoms with Crippen LogP contribution in [-0.2, 0) is 14.4 Å². The minimum absolute atomic E-state index is 0.0773. The molecule has 0 fully saturated rings. The van der Waals surface area contributed by atoms with Crippen molar-refractivity contribution in [2.24, 2.45) is 0 Å². The molecule has 0 radical (unpaired) electrons. The van der Waals surface area contributed by atoms with Crippen molar-refractivity contribution >= 4 is 17.9 Å². The largest absolute Gasteiger partial charge is 0.481 e. The molecular formula is C33H62NO6+. The monoisotopic (exact) mass is 568 g/mol. The topological polar surface area (TPSA) is 112 Å². The maximum atomic E-state index is 11.1. The smallest absolute Gasteiger partial charge is 0.309 e. The van der Waals surface area contributed by atoms with E-state index in [-0.39, 0.29) is 43.4 Å². The molecule has 234 valence electrons. The molecule has 0 bridgehead atoms. The third kappa shape index (κ3) is 26.3. The van der Waals surface area contributed by atoms with Crippen molar-refractivity contribution < 1.29 is 34.2 Å². The van der Waals surface area contributed by atoms with E-state index in [1.165, 1.54) is 96.3 Å². The fourth-order valence-electron chi connectivity index (χ4n) is 5.42. The van der Waals surface area contributed by atoms with Gasteiger partial charge >= 0.3 is 17.9 Å². The SMILES string of the molecule is CCCCCCCCCCCCCC/C=C/CCCCCCCC[N+](CCC(=O)O)(CCC(=O)O)CCC(=O)O.